The molecule has 0 aliphatic rings. The van der Waals surface area contributed by atoms with Crippen LogP contribution in [0.4, 0.5) is 0 Å². The second-order valence-corrected chi connectivity index (χ2v) is 6.09. The average Bonchev–Trinajstić information content (AvgIpc) is 2.67. The normalized spacial score (nSPS) is 10.9. The molecule has 0 fully saturated rings. The van der Waals surface area contributed by atoms with Crippen molar-refractivity contribution < 1.29 is 0 Å². The summed E-state index contributed by atoms with van der Waals surface area (Å²) in [6.45, 7) is 8.58. The van der Waals surface area contributed by atoms with E-state index in [9.17, 15) is 0 Å². The van der Waals surface area contributed by atoms with Gasteiger partial charge in [0.05, 0.1) is 5.69 Å². The van der Waals surface area contributed by atoms with Crippen LogP contribution in [0.25, 0.3) is 0 Å². The van der Waals surface area contributed by atoms with E-state index in [0.717, 1.165) is 25.3 Å². The quantitative estimate of drug-likeness (QED) is 0.773. The van der Waals surface area contributed by atoms with E-state index in [-0.39, 0.29) is 0 Å². The van der Waals surface area contributed by atoms with E-state index in [1.165, 1.54) is 27.8 Å². The van der Waals surface area contributed by atoms with Crippen molar-refractivity contribution in [1.29, 1.82) is 0 Å². The number of nitrogens with zero attached hydrogens (tertiary/aromatic N) is 1. The highest BCUT2D eigenvalue weighted by Crippen LogP contribution is 2.23. The number of aryl methyl sites for hydroxylation is 1. The maximum Gasteiger partial charge on any atom is 0.103 e. The molecule has 0 amide bonds. The molecule has 1 aromatic heterocycles. The van der Waals surface area contributed by atoms with Gasteiger partial charge in [0.15, 0.2) is 0 Å². The maximum absolute atomic E-state index is 4.75. The van der Waals surface area contributed by atoms with Crippen molar-refractivity contribution in [2.24, 2.45) is 0 Å². The minimum atomic E-state index is 0.986. The van der Waals surface area contributed by atoms with E-state index >= 15 is 0 Å². The predicted octanol–water partition coefficient (Wildman–Crippen LogP) is 3.46. The average molecular weight is 258 g/mol. The molecule has 2 nitrogen and oxygen atoms in total. The Labute approximate surface area is 107 Å². The van der Waals surface area contributed by atoms with E-state index in [2.05, 4.69) is 26.1 Å². The van der Waals surface area contributed by atoms with E-state index in [0.29, 0.717) is 0 Å². The molecule has 1 rings (SSSR count). The first kappa shape index (κ1) is 14.0. The summed E-state index contributed by atoms with van der Waals surface area (Å²) in [5.74, 6) is 2.25. The Morgan fingerprint density at radius 2 is 2.12 bits per heavy atom. The molecule has 0 spiro atoms. The summed E-state index contributed by atoms with van der Waals surface area (Å²) < 4.78 is 0. The summed E-state index contributed by atoms with van der Waals surface area (Å²) in [7, 11) is 0. The summed E-state index contributed by atoms with van der Waals surface area (Å²) in [4.78, 5) is 6.19. The molecular formula is C12H22N2S2. The van der Waals surface area contributed by atoms with E-state index in [4.69, 9.17) is 4.98 Å². The van der Waals surface area contributed by atoms with Crippen LogP contribution < -0.4 is 5.32 Å². The van der Waals surface area contributed by atoms with Gasteiger partial charge in [-0.2, -0.15) is 11.8 Å². The predicted molar refractivity (Wildman–Crippen MR) is 75.3 cm³/mol. The molecule has 0 aromatic carbocycles. The number of nitrogens with one attached hydrogen (secondary N) is 1. The van der Waals surface area contributed by atoms with Gasteiger partial charge in [-0.15, -0.1) is 11.3 Å². The lowest BCUT2D eigenvalue weighted by molar-refractivity contribution is 0.723. The van der Waals surface area contributed by atoms with Crippen molar-refractivity contribution in [3.8, 4) is 0 Å². The standard InChI is InChI=1S/C12H22N2S2/c1-4-7-10-11(8-13-5-2)16-12(14-10)9-15-6-3/h13H,4-9H2,1-3H3. The van der Waals surface area contributed by atoms with Crippen molar-refractivity contribution in [3.63, 3.8) is 0 Å². The van der Waals surface area contributed by atoms with Crippen LogP contribution in [-0.4, -0.2) is 17.3 Å². The molecule has 0 unspecified atom stereocenters. The van der Waals surface area contributed by atoms with Crippen LogP contribution in [0.2, 0.25) is 0 Å². The summed E-state index contributed by atoms with van der Waals surface area (Å²) in [5.41, 5.74) is 1.32. The zero-order valence-corrected chi connectivity index (χ0v) is 12.1. The van der Waals surface area contributed by atoms with Gasteiger partial charge in [0.1, 0.15) is 5.01 Å². The number of hydrogen-bond donors (Lipinski definition) is 1. The van der Waals surface area contributed by atoms with Gasteiger partial charge in [-0.25, -0.2) is 4.98 Å². The van der Waals surface area contributed by atoms with Crippen LogP contribution in [-0.2, 0) is 18.7 Å². The molecule has 1 N–H and O–H groups in total. The van der Waals surface area contributed by atoms with E-state index in [1.807, 2.05) is 23.1 Å². The molecular weight excluding hydrogens is 236 g/mol. The highest BCUT2D eigenvalue weighted by atomic mass is 32.2. The molecule has 0 aliphatic heterocycles. The largest absolute Gasteiger partial charge is 0.312 e. The Hall–Kier alpha value is -0.0600. The van der Waals surface area contributed by atoms with Crippen LogP contribution in [0.3, 0.4) is 0 Å². The molecule has 16 heavy (non-hydrogen) atoms. The minimum absolute atomic E-state index is 0.986. The fourth-order valence-corrected chi connectivity index (χ4v) is 3.31. The topological polar surface area (TPSA) is 24.9 Å². The third-order valence-electron chi connectivity index (χ3n) is 2.27. The molecule has 92 valence electrons. The van der Waals surface area contributed by atoms with Gasteiger partial charge in [0.25, 0.3) is 0 Å². The van der Waals surface area contributed by atoms with Crippen LogP contribution in [0.5, 0.6) is 0 Å². The molecule has 0 saturated heterocycles. The summed E-state index contributed by atoms with van der Waals surface area (Å²) in [6, 6.07) is 0. The minimum Gasteiger partial charge on any atom is -0.312 e. The molecule has 0 saturated carbocycles. The fraction of sp³-hybridized carbons (Fsp3) is 0.750. The van der Waals surface area contributed by atoms with Gasteiger partial charge in [-0.05, 0) is 18.7 Å². The molecule has 0 aliphatic carbocycles. The fourth-order valence-electron chi connectivity index (χ4n) is 1.50. The summed E-state index contributed by atoms with van der Waals surface area (Å²) in [5, 5.41) is 4.69. The third-order valence-corrected chi connectivity index (χ3v) is 4.44. The molecule has 1 heterocycles. The monoisotopic (exact) mass is 258 g/mol. The van der Waals surface area contributed by atoms with Crippen LogP contribution in [0.1, 0.15) is 42.8 Å². The smallest absolute Gasteiger partial charge is 0.103 e. The summed E-state index contributed by atoms with van der Waals surface area (Å²) in [6.07, 6.45) is 2.30. The summed E-state index contributed by atoms with van der Waals surface area (Å²) >= 11 is 3.84. The zero-order chi connectivity index (χ0) is 11.8. The molecule has 4 heteroatoms. The van der Waals surface area contributed by atoms with Crippen LogP contribution in [0, 0.1) is 0 Å². The Bertz CT molecular complexity index is 297. The Kier molecular flexibility index (Phi) is 7.08. The van der Waals surface area contributed by atoms with Gasteiger partial charge in [0, 0.05) is 17.2 Å². The van der Waals surface area contributed by atoms with Gasteiger partial charge < -0.3 is 5.32 Å². The highest BCUT2D eigenvalue weighted by Gasteiger charge is 2.09. The first-order valence-corrected chi connectivity index (χ1v) is 8.04. The Morgan fingerprint density at radius 1 is 1.31 bits per heavy atom. The second kappa shape index (κ2) is 8.09. The van der Waals surface area contributed by atoms with Crippen molar-refractivity contribution in [2.45, 2.75) is 45.9 Å². The van der Waals surface area contributed by atoms with Gasteiger partial charge in [-0.3, -0.25) is 0 Å². The van der Waals surface area contributed by atoms with Crippen LogP contribution in [0.15, 0.2) is 0 Å². The third kappa shape index (κ3) is 4.44. The molecule has 0 radical (unpaired) electrons. The molecule has 0 atom stereocenters. The first-order valence-electron chi connectivity index (χ1n) is 6.07. The molecule has 0 bridgehead atoms. The van der Waals surface area contributed by atoms with Gasteiger partial charge in [0.2, 0.25) is 0 Å². The van der Waals surface area contributed by atoms with Gasteiger partial charge >= 0.3 is 0 Å². The SMILES string of the molecule is CCCc1nc(CSCC)sc1CNCC. The molecule has 1 aromatic rings. The Morgan fingerprint density at radius 3 is 2.75 bits per heavy atom. The van der Waals surface area contributed by atoms with E-state index < -0.39 is 0 Å². The van der Waals surface area contributed by atoms with Crippen molar-refractivity contribution in [1.82, 2.24) is 10.3 Å². The number of thioether (sulfide) groups is 1. The van der Waals surface area contributed by atoms with Crippen molar-refractivity contribution in [3.05, 3.63) is 15.6 Å². The maximum atomic E-state index is 4.75. The van der Waals surface area contributed by atoms with Crippen LogP contribution >= 0.6 is 23.1 Å². The Balaban J connectivity index is 2.65. The lowest BCUT2D eigenvalue weighted by atomic mass is 10.2. The number of hydrogen-bond acceptors (Lipinski definition) is 4. The lowest BCUT2D eigenvalue weighted by Crippen LogP contribution is -2.11. The number of rotatable bonds is 8. The first-order chi connectivity index (χ1) is 7.81. The van der Waals surface area contributed by atoms with Gasteiger partial charge in [-0.1, -0.05) is 27.2 Å². The van der Waals surface area contributed by atoms with Crippen molar-refractivity contribution in [2.75, 3.05) is 12.3 Å². The van der Waals surface area contributed by atoms with Crippen molar-refractivity contribution >= 4 is 23.1 Å². The second-order valence-electron chi connectivity index (χ2n) is 3.64. The van der Waals surface area contributed by atoms with E-state index in [1.54, 1.807) is 0 Å². The zero-order valence-electron chi connectivity index (χ0n) is 10.5. The number of aromatic nitrogens is 1. The number of thiazole rings is 1. The lowest BCUT2D eigenvalue weighted by Gasteiger charge is -2.00. The highest BCUT2D eigenvalue weighted by molar-refractivity contribution is 7.98.